The van der Waals surface area contributed by atoms with E-state index in [0.29, 0.717) is 10.9 Å². The Morgan fingerprint density at radius 1 is 0.913 bits per heavy atom. The average molecular weight is 358 g/mol. The van der Waals surface area contributed by atoms with Crippen molar-refractivity contribution in [2.45, 2.75) is 42.9 Å². The van der Waals surface area contributed by atoms with E-state index in [2.05, 4.69) is 0 Å². The second-order valence-electron chi connectivity index (χ2n) is 6.45. The van der Waals surface area contributed by atoms with Crippen LogP contribution >= 0.6 is 0 Å². The lowest BCUT2D eigenvalue weighted by Gasteiger charge is -2.25. The predicted molar refractivity (Wildman–Crippen MR) is 87.0 cm³/mol. The molecule has 0 amide bonds. The van der Waals surface area contributed by atoms with Gasteiger partial charge in [0, 0.05) is 5.39 Å². The molecule has 0 aliphatic rings. The summed E-state index contributed by atoms with van der Waals surface area (Å²) in [6.07, 6.45) is 0. The number of rotatable bonds is 2. The van der Waals surface area contributed by atoms with E-state index in [1.807, 2.05) is 20.8 Å². The minimum Gasteiger partial charge on any atom is -0.282 e. The topological polar surface area (TPSA) is 109 Å². The van der Waals surface area contributed by atoms with Crippen molar-refractivity contribution in [3.63, 3.8) is 0 Å². The molecule has 6 nitrogen and oxygen atoms in total. The van der Waals surface area contributed by atoms with Crippen LogP contribution in [0.25, 0.3) is 10.8 Å². The summed E-state index contributed by atoms with van der Waals surface area (Å²) in [5.74, 6) is 0. The van der Waals surface area contributed by atoms with Gasteiger partial charge in [-0.05, 0) is 41.0 Å². The van der Waals surface area contributed by atoms with Crippen molar-refractivity contribution in [2.75, 3.05) is 0 Å². The molecule has 0 unspecified atom stereocenters. The van der Waals surface area contributed by atoms with Gasteiger partial charge in [-0.1, -0.05) is 32.9 Å². The van der Waals surface area contributed by atoms with E-state index in [1.54, 1.807) is 13.0 Å². The standard InChI is InChI=1S/C15H18O6S2/c1-9-8-12(23(19,20)21)13-10(14(9)15(2,3)4)6-5-7-11(13)22(16,17)18/h5-8H,1-4H3,(H,16,17,18)(H,19,20,21). The molecule has 0 saturated heterocycles. The molecule has 0 saturated carbocycles. The monoisotopic (exact) mass is 358 g/mol. The van der Waals surface area contributed by atoms with Crippen LogP contribution in [0.5, 0.6) is 0 Å². The summed E-state index contributed by atoms with van der Waals surface area (Å²) in [6, 6.07) is 5.33. The number of fused-ring (bicyclic) bond motifs is 1. The fraction of sp³-hybridized carbons (Fsp3) is 0.333. The van der Waals surface area contributed by atoms with Crippen molar-refractivity contribution in [3.8, 4) is 0 Å². The van der Waals surface area contributed by atoms with E-state index in [4.69, 9.17) is 0 Å². The minimum atomic E-state index is -4.67. The number of hydrogen-bond acceptors (Lipinski definition) is 4. The summed E-state index contributed by atoms with van der Waals surface area (Å²) in [5, 5.41) is 0.160. The zero-order valence-corrected chi connectivity index (χ0v) is 14.8. The number of hydrogen-bond donors (Lipinski definition) is 2. The van der Waals surface area contributed by atoms with Crippen molar-refractivity contribution in [2.24, 2.45) is 0 Å². The van der Waals surface area contributed by atoms with Crippen molar-refractivity contribution >= 4 is 31.0 Å². The van der Waals surface area contributed by atoms with Crippen LogP contribution in [-0.2, 0) is 25.7 Å². The Morgan fingerprint density at radius 3 is 1.87 bits per heavy atom. The SMILES string of the molecule is Cc1cc(S(=O)(=O)O)c2c(S(=O)(=O)O)cccc2c1C(C)(C)C. The highest BCUT2D eigenvalue weighted by Crippen LogP contribution is 2.39. The molecule has 2 aromatic carbocycles. The van der Waals surface area contributed by atoms with E-state index in [-0.39, 0.29) is 5.39 Å². The third kappa shape index (κ3) is 3.25. The Morgan fingerprint density at radius 2 is 1.43 bits per heavy atom. The Kier molecular flexibility index (Phi) is 4.09. The molecule has 0 atom stereocenters. The molecule has 0 bridgehead atoms. The summed E-state index contributed by atoms with van der Waals surface area (Å²) in [6.45, 7) is 7.40. The van der Waals surface area contributed by atoms with Gasteiger partial charge in [-0.2, -0.15) is 16.8 Å². The molecule has 126 valence electrons. The molecule has 0 spiro atoms. The van der Waals surface area contributed by atoms with Gasteiger partial charge in [0.05, 0.1) is 0 Å². The lowest BCUT2D eigenvalue weighted by molar-refractivity contribution is 0.483. The lowest BCUT2D eigenvalue weighted by atomic mass is 9.81. The van der Waals surface area contributed by atoms with Gasteiger partial charge >= 0.3 is 0 Å². The summed E-state index contributed by atoms with van der Waals surface area (Å²) in [5.41, 5.74) is 0.938. The molecule has 0 aliphatic heterocycles. The van der Waals surface area contributed by atoms with E-state index >= 15 is 0 Å². The van der Waals surface area contributed by atoms with Gasteiger partial charge in [-0.15, -0.1) is 0 Å². The lowest BCUT2D eigenvalue weighted by Crippen LogP contribution is -2.16. The van der Waals surface area contributed by atoms with Gasteiger partial charge in [-0.3, -0.25) is 9.11 Å². The molecule has 8 heteroatoms. The number of benzene rings is 2. The van der Waals surface area contributed by atoms with Gasteiger partial charge in [0.1, 0.15) is 9.79 Å². The first-order valence-electron chi connectivity index (χ1n) is 6.76. The van der Waals surface area contributed by atoms with E-state index < -0.39 is 35.4 Å². The fourth-order valence-corrected chi connectivity index (χ4v) is 4.56. The normalized spacial score (nSPS) is 13.5. The first kappa shape index (κ1) is 17.9. The van der Waals surface area contributed by atoms with E-state index in [0.717, 1.165) is 11.6 Å². The Labute approximate surface area is 135 Å². The van der Waals surface area contributed by atoms with Crippen LogP contribution in [0, 0.1) is 6.92 Å². The van der Waals surface area contributed by atoms with Gasteiger partial charge in [0.25, 0.3) is 20.2 Å². The summed E-state index contributed by atoms with van der Waals surface area (Å²) >= 11 is 0. The number of aryl methyl sites for hydroxylation is 1. The fourth-order valence-electron chi connectivity index (χ4n) is 2.96. The second-order valence-corrected chi connectivity index (χ2v) is 9.23. The molecule has 2 rings (SSSR count). The molecule has 0 aliphatic carbocycles. The maximum absolute atomic E-state index is 11.7. The van der Waals surface area contributed by atoms with Crippen molar-refractivity contribution in [1.82, 2.24) is 0 Å². The Hall–Kier alpha value is -1.48. The second kappa shape index (κ2) is 5.27. The van der Waals surface area contributed by atoms with Crippen LogP contribution in [-0.4, -0.2) is 25.9 Å². The molecular formula is C15H18O6S2. The zero-order valence-electron chi connectivity index (χ0n) is 13.2. The van der Waals surface area contributed by atoms with Crippen LogP contribution < -0.4 is 0 Å². The van der Waals surface area contributed by atoms with Gasteiger partial charge in [0.2, 0.25) is 0 Å². The highest BCUT2D eigenvalue weighted by Gasteiger charge is 2.28. The molecule has 0 aromatic heterocycles. The average Bonchev–Trinajstić information content (AvgIpc) is 2.32. The predicted octanol–water partition coefficient (Wildman–Crippen LogP) is 2.94. The van der Waals surface area contributed by atoms with Crippen LogP contribution in [0.3, 0.4) is 0 Å². The summed E-state index contributed by atoms with van der Waals surface area (Å²) in [4.78, 5) is -1.08. The third-order valence-electron chi connectivity index (χ3n) is 3.59. The third-order valence-corrected chi connectivity index (χ3v) is 5.36. The van der Waals surface area contributed by atoms with Gasteiger partial charge in [-0.25, -0.2) is 0 Å². The largest absolute Gasteiger partial charge is 0.295 e. The van der Waals surface area contributed by atoms with Gasteiger partial charge in [0.15, 0.2) is 0 Å². The van der Waals surface area contributed by atoms with Crippen LogP contribution in [0.15, 0.2) is 34.1 Å². The van der Waals surface area contributed by atoms with E-state index in [9.17, 15) is 25.9 Å². The van der Waals surface area contributed by atoms with E-state index in [1.165, 1.54) is 12.1 Å². The molecule has 0 fully saturated rings. The van der Waals surface area contributed by atoms with Gasteiger partial charge < -0.3 is 0 Å². The van der Waals surface area contributed by atoms with Crippen molar-refractivity contribution < 1.29 is 25.9 Å². The maximum atomic E-state index is 11.7. The van der Waals surface area contributed by atoms with Crippen molar-refractivity contribution in [3.05, 3.63) is 35.4 Å². The Balaban J connectivity index is 3.24. The van der Waals surface area contributed by atoms with Crippen LogP contribution in [0.2, 0.25) is 0 Å². The Bertz CT molecular complexity index is 996. The quantitative estimate of drug-likeness (QED) is 0.799. The highest BCUT2D eigenvalue weighted by atomic mass is 32.2. The summed E-state index contributed by atoms with van der Waals surface area (Å²) in [7, 11) is -9.34. The van der Waals surface area contributed by atoms with Crippen LogP contribution in [0.4, 0.5) is 0 Å². The zero-order chi connectivity index (χ0) is 17.8. The smallest absolute Gasteiger partial charge is 0.282 e. The maximum Gasteiger partial charge on any atom is 0.295 e. The molecular weight excluding hydrogens is 340 g/mol. The highest BCUT2D eigenvalue weighted by molar-refractivity contribution is 7.87. The van der Waals surface area contributed by atoms with Crippen molar-refractivity contribution in [1.29, 1.82) is 0 Å². The minimum absolute atomic E-state index is 0.201. The first-order valence-corrected chi connectivity index (χ1v) is 9.64. The van der Waals surface area contributed by atoms with Crippen LogP contribution in [0.1, 0.15) is 31.9 Å². The summed E-state index contributed by atoms with van der Waals surface area (Å²) < 4.78 is 65.7. The molecule has 0 heterocycles. The molecule has 0 radical (unpaired) electrons. The molecule has 23 heavy (non-hydrogen) atoms. The molecule has 2 N–H and O–H groups in total. The first-order chi connectivity index (χ1) is 10.2. The molecule has 2 aromatic rings.